The Balaban J connectivity index is 1.49. The van der Waals surface area contributed by atoms with Crippen LogP contribution < -0.4 is 10.6 Å². The number of thioether (sulfide) groups is 1. The third kappa shape index (κ3) is 6.76. The number of benzene rings is 3. The quantitative estimate of drug-likeness (QED) is 0.106. The summed E-state index contributed by atoms with van der Waals surface area (Å²) in [5, 5.41) is 25.4. The van der Waals surface area contributed by atoms with Gasteiger partial charge in [-0.1, -0.05) is 49.0 Å². The van der Waals surface area contributed by atoms with Crippen LogP contribution in [0.25, 0.3) is 11.4 Å². The lowest BCUT2D eigenvalue weighted by atomic mass is 10.1. The number of nitro benzene ring substituents is 1. The Kier molecular flexibility index (Phi) is 8.85. The van der Waals surface area contributed by atoms with E-state index in [4.69, 9.17) is 0 Å². The van der Waals surface area contributed by atoms with Crippen molar-refractivity contribution in [2.45, 2.75) is 30.3 Å². The largest absolute Gasteiger partial charge is 0.325 e. The molecule has 1 aromatic heterocycles. The average Bonchev–Trinajstić information content (AvgIpc) is 3.34. The number of carbonyl (C=O) groups is 2. The van der Waals surface area contributed by atoms with Gasteiger partial charge in [-0.05, 0) is 48.9 Å². The lowest BCUT2D eigenvalue weighted by Crippen LogP contribution is -2.25. The van der Waals surface area contributed by atoms with Crippen molar-refractivity contribution in [1.82, 2.24) is 14.8 Å². The van der Waals surface area contributed by atoms with E-state index >= 15 is 0 Å². The van der Waals surface area contributed by atoms with Gasteiger partial charge in [-0.15, -0.1) is 16.8 Å². The second-order valence-electron chi connectivity index (χ2n) is 8.41. The minimum absolute atomic E-state index is 0.102. The first-order valence-electron chi connectivity index (χ1n) is 12.1. The molecule has 2 N–H and O–H groups in total. The van der Waals surface area contributed by atoms with E-state index in [0.29, 0.717) is 40.9 Å². The van der Waals surface area contributed by atoms with Gasteiger partial charge >= 0.3 is 0 Å². The smallest absolute Gasteiger partial charge is 0.271 e. The number of carbonyl (C=O) groups excluding carboxylic acids is 2. The summed E-state index contributed by atoms with van der Waals surface area (Å²) in [6, 6.07) is 22.0. The van der Waals surface area contributed by atoms with Crippen LogP contribution in [0.2, 0.25) is 0 Å². The van der Waals surface area contributed by atoms with Crippen molar-refractivity contribution < 1.29 is 14.5 Å². The van der Waals surface area contributed by atoms with E-state index in [1.54, 1.807) is 48.5 Å². The average molecular weight is 543 g/mol. The number of non-ortho nitro benzene ring substituents is 1. The van der Waals surface area contributed by atoms with Crippen LogP contribution in [0.15, 0.2) is 96.7 Å². The van der Waals surface area contributed by atoms with Gasteiger partial charge in [0, 0.05) is 41.2 Å². The lowest BCUT2D eigenvalue weighted by molar-refractivity contribution is -0.384. The molecule has 0 fully saturated rings. The van der Waals surface area contributed by atoms with Crippen LogP contribution in [0, 0.1) is 10.1 Å². The van der Waals surface area contributed by atoms with Crippen LogP contribution in [0.5, 0.6) is 0 Å². The van der Waals surface area contributed by atoms with Gasteiger partial charge in [-0.3, -0.25) is 24.3 Å². The molecule has 0 aliphatic rings. The zero-order valence-electron chi connectivity index (χ0n) is 21.1. The molecule has 0 aliphatic carbocycles. The van der Waals surface area contributed by atoms with Gasteiger partial charge in [-0.2, -0.15) is 0 Å². The molecule has 4 aromatic rings. The zero-order chi connectivity index (χ0) is 27.8. The maximum absolute atomic E-state index is 13.0. The minimum Gasteiger partial charge on any atom is -0.325 e. The molecule has 2 amide bonds. The third-order valence-corrected chi connectivity index (χ3v) is 7.05. The Morgan fingerprint density at radius 3 is 2.44 bits per heavy atom. The maximum atomic E-state index is 13.0. The van der Waals surface area contributed by atoms with Crippen LogP contribution in [0.1, 0.15) is 23.7 Å². The first kappa shape index (κ1) is 27.3. The molecule has 4 rings (SSSR count). The molecule has 1 unspecified atom stereocenters. The summed E-state index contributed by atoms with van der Waals surface area (Å²) in [4.78, 5) is 36.0. The standard InChI is InChI=1S/C28H26N6O4S/c1-3-17-33-25(19-13-15-21(16-14-19)29-26(35)20-9-6-5-7-10-20)31-32-28(33)39-24(4-2)27(36)30-22-11-8-12-23(18-22)34(37)38/h3,5-16,18,24H,1,4,17H2,2H3,(H,29,35)(H,30,36). The van der Waals surface area contributed by atoms with Gasteiger partial charge in [0.1, 0.15) is 0 Å². The van der Waals surface area contributed by atoms with Crippen molar-refractivity contribution >= 4 is 40.6 Å². The Morgan fingerprint density at radius 2 is 1.77 bits per heavy atom. The van der Waals surface area contributed by atoms with Gasteiger partial charge < -0.3 is 10.6 Å². The molecule has 0 spiro atoms. The Labute approximate surface area is 229 Å². The topological polar surface area (TPSA) is 132 Å². The number of allylic oxidation sites excluding steroid dienone is 1. The summed E-state index contributed by atoms with van der Waals surface area (Å²) in [7, 11) is 0. The molecule has 1 heterocycles. The first-order valence-corrected chi connectivity index (χ1v) is 13.0. The van der Waals surface area contributed by atoms with Crippen molar-refractivity contribution in [3.8, 4) is 11.4 Å². The van der Waals surface area contributed by atoms with Gasteiger partial charge in [0.15, 0.2) is 11.0 Å². The molecule has 10 nitrogen and oxygen atoms in total. The van der Waals surface area contributed by atoms with Crippen LogP contribution in [0.4, 0.5) is 17.1 Å². The minimum atomic E-state index is -0.513. The molecule has 0 aliphatic heterocycles. The van der Waals surface area contributed by atoms with Crippen molar-refractivity contribution in [1.29, 1.82) is 0 Å². The van der Waals surface area contributed by atoms with Gasteiger partial charge in [0.05, 0.1) is 10.2 Å². The summed E-state index contributed by atoms with van der Waals surface area (Å²) >= 11 is 1.26. The number of anilines is 2. The Bertz CT molecular complexity index is 1490. The highest BCUT2D eigenvalue weighted by molar-refractivity contribution is 8.00. The Morgan fingerprint density at radius 1 is 1.03 bits per heavy atom. The predicted molar refractivity (Wildman–Crippen MR) is 152 cm³/mol. The number of amides is 2. The van der Waals surface area contributed by atoms with E-state index in [1.807, 2.05) is 29.7 Å². The summed E-state index contributed by atoms with van der Waals surface area (Å²) in [6.07, 6.45) is 2.22. The van der Waals surface area contributed by atoms with Crippen molar-refractivity contribution in [3.05, 3.63) is 107 Å². The SMILES string of the molecule is C=CCn1c(SC(CC)C(=O)Nc2cccc([N+](=O)[O-])c2)nnc1-c1ccc(NC(=O)c2ccccc2)cc1. The van der Waals surface area contributed by atoms with E-state index in [-0.39, 0.29) is 17.5 Å². The molecule has 1 atom stereocenters. The highest BCUT2D eigenvalue weighted by Gasteiger charge is 2.23. The summed E-state index contributed by atoms with van der Waals surface area (Å²) in [6.45, 7) is 6.13. The Hall–Kier alpha value is -4.77. The predicted octanol–water partition coefficient (Wildman–Crippen LogP) is 5.80. The van der Waals surface area contributed by atoms with Crippen molar-refractivity contribution in [3.63, 3.8) is 0 Å². The number of hydrogen-bond acceptors (Lipinski definition) is 7. The van der Waals surface area contributed by atoms with Crippen molar-refractivity contribution in [2.75, 3.05) is 10.6 Å². The maximum Gasteiger partial charge on any atom is 0.271 e. The fourth-order valence-electron chi connectivity index (χ4n) is 3.75. The molecule has 0 saturated heterocycles. The molecule has 3 aromatic carbocycles. The molecular weight excluding hydrogens is 516 g/mol. The first-order chi connectivity index (χ1) is 18.9. The highest BCUT2D eigenvalue weighted by atomic mass is 32.2. The van der Waals surface area contributed by atoms with Crippen LogP contribution in [0.3, 0.4) is 0 Å². The third-order valence-electron chi connectivity index (χ3n) is 5.70. The van der Waals surface area contributed by atoms with Crippen LogP contribution in [-0.2, 0) is 11.3 Å². The van der Waals surface area contributed by atoms with E-state index in [0.717, 1.165) is 5.56 Å². The fourth-order valence-corrected chi connectivity index (χ4v) is 4.71. The number of hydrogen-bond donors (Lipinski definition) is 2. The van der Waals surface area contributed by atoms with Crippen LogP contribution >= 0.6 is 11.8 Å². The van der Waals surface area contributed by atoms with Gasteiger partial charge in [0.25, 0.3) is 11.6 Å². The van der Waals surface area contributed by atoms with Gasteiger partial charge in [0.2, 0.25) is 5.91 Å². The van der Waals surface area contributed by atoms with Crippen molar-refractivity contribution in [2.24, 2.45) is 0 Å². The number of nitrogens with one attached hydrogen (secondary N) is 2. The molecule has 11 heteroatoms. The molecular formula is C28H26N6O4S. The normalized spacial score (nSPS) is 11.4. The molecule has 0 bridgehead atoms. The van der Waals surface area contributed by atoms with Crippen LogP contribution in [-0.4, -0.2) is 36.8 Å². The molecule has 39 heavy (non-hydrogen) atoms. The highest BCUT2D eigenvalue weighted by Crippen LogP contribution is 2.30. The summed E-state index contributed by atoms with van der Waals surface area (Å²) in [5.74, 6) is 0.0920. The molecule has 198 valence electrons. The van der Waals surface area contributed by atoms with E-state index in [2.05, 4.69) is 27.4 Å². The summed E-state index contributed by atoms with van der Waals surface area (Å²) < 4.78 is 1.86. The number of aromatic nitrogens is 3. The number of nitro groups is 1. The number of rotatable bonds is 11. The lowest BCUT2D eigenvalue weighted by Gasteiger charge is -2.15. The molecule has 0 radical (unpaired) electrons. The second-order valence-corrected chi connectivity index (χ2v) is 9.58. The van der Waals surface area contributed by atoms with E-state index in [1.165, 1.54) is 30.0 Å². The van der Waals surface area contributed by atoms with E-state index in [9.17, 15) is 19.7 Å². The summed E-state index contributed by atoms with van der Waals surface area (Å²) in [5.41, 5.74) is 2.23. The molecule has 0 saturated carbocycles. The second kappa shape index (κ2) is 12.7. The number of nitrogens with zero attached hydrogens (tertiary/aromatic N) is 4. The zero-order valence-corrected chi connectivity index (χ0v) is 21.9. The monoisotopic (exact) mass is 542 g/mol. The fraction of sp³-hybridized carbons (Fsp3) is 0.143. The van der Waals surface area contributed by atoms with Gasteiger partial charge in [-0.25, -0.2) is 0 Å². The van der Waals surface area contributed by atoms with E-state index < -0.39 is 10.2 Å².